The number of amides is 2. The molecule has 5 nitrogen and oxygen atoms in total. The molecule has 5 rings (SSSR count). The molecule has 1 heterocycles. The van der Waals surface area contributed by atoms with Gasteiger partial charge in [-0.3, -0.25) is 9.59 Å². The molecule has 0 aromatic rings. The van der Waals surface area contributed by atoms with E-state index in [2.05, 4.69) is 10.3 Å². The third kappa shape index (κ3) is 2.66. The first-order valence-corrected chi connectivity index (χ1v) is 9.28. The highest BCUT2D eigenvalue weighted by Crippen LogP contribution is 2.56. The Morgan fingerprint density at radius 2 is 1.82 bits per heavy atom. The summed E-state index contributed by atoms with van der Waals surface area (Å²) in [6.07, 6.45) is 7.13. The molecule has 22 heavy (non-hydrogen) atoms. The van der Waals surface area contributed by atoms with E-state index in [1.165, 1.54) is 43.9 Å². The average Bonchev–Trinajstić information content (AvgIpc) is 2.75. The van der Waals surface area contributed by atoms with Gasteiger partial charge in [-0.05, 0) is 61.7 Å². The topological polar surface area (TPSA) is 84.5 Å². The number of nitrogens with one attached hydrogen (secondary N) is 1. The molecule has 0 aromatic carbocycles. The lowest BCUT2D eigenvalue weighted by atomic mass is 9.52. The standard InChI is InChI=1S/C16H23N3O2S/c17-16-19-15(21)13(22-16)6-14(20)18-7-12-10-2-8-1-9(4-10)5-11(12)3-8/h8-13H,1-7H2,(H,18,20)(H2,17,19,21)/t8?,9?,10?,11?,12?,13-/m0/s1. The van der Waals surface area contributed by atoms with E-state index in [0.29, 0.717) is 5.92 Å². The molecule has 0 radical (unpaired) electrons. The minimum Gasteiger partial charge on any atom is -0.378 e. The molecule has 5 aliphatic rings. The molecule has 6 heteroatoms. The molecule has 0 saturated heterocycles. The molecule has 4 saturated carbocycles. The summed E-state index contributed by atoms with van der Waals surface area (Å²) >= 11 is 1.20. The van der Waals surface area contributed by atoms with E-state index in [1.807, 2.05) is 0 Å². The quantitative estimate of drug-likeness (QED) is 0.822. The van der Waals surface area contributed by atoms with Crippen molar-refractivity contribution in [1.29, 1.82) is 0 Å². The number of nitrogens with zero attached hydrogens (tertiary/aromatic N) is 1. The molecular weight excluding hydrogens is 298 g/mol. The third-order valence-corrected chi connectivity index (χ3v) is 7.07. The van der Waals surface area contributed by atoms with Gasteiger partial charge in [0.15, 0.2) is 5.17 Å². The fraction of sp³-hybridized carbons (Fsp3) is 0.812. The fourth-order valence-electron chi connectivity index (χ4n) is 5.38. The highest BCUT2D eigenvalue weighted by Gasteiger charge is 2.47. The van der Waals surface area contributed by atoms with Crippen LogP contribution in [-0.2, 0) is 9.59 Å². The smallest absolute Gasteiger partial charge is 0.262 e. The summed E-state index contributed by atoms with van der Waals surface area (Å²) in [5.41, 5.74) is 5.52. The number of amidine groups is 1. The van der Waals surface area contributed by atoms with Crippen molar-refractivity contribution >= 4 is 28.7 Å². The van der Waals surface area contributed by atoms with Crippen molar-refractivity contribution < 1.29 is 9.59 Å². The summed E-state index contributed by atoms with van der Waals surface area (Å²) in [5, 5.41) is 2.94. The summed E-state index contributed by atoms with van der Waals surface area (Å²) in [5.74, 6) is 3.90. The van der Waals surface area contributed by atoms with Gasteiger partial charge in [0, 0.05) is 13.0 Å². The van der Waals surface area contributed by atoms with Crippen LogP contribution in [0.5, 0.6) is 0 Å². The molecular formula is C16H23N3O2S. The van der Waals surface area contributed by atoms with Gasteiger partial charge in [-0.25, -0.2) is 0 Å². The van der Waals surface area contributed by atoms with Crippen LogP contribution in [-0.4, -0.2) is 28.8 Å². The van der Waals surface area contributed by atoms with Gasteiger partial charge < -0.3 is 11.1 Å². The number of nitrogens with two attached hydrogens (primary N) is 1. The maximum Gasteiger partial charge on any atom is 0.262 e. The van der Waals surface area contributed by atoms with Crippen molar-refractivity contribution in [2.75, 3.05) is 6.54 Å². The Labute approximate surface area is 134 Å². The monoisotopic (exact) mass is 321 g/mol. The fourth-order valence-corrected chi connectivity index (χ4v) is 6.20. The van der Waals surface area contributed by atoms with Crippen LogP contribution in [0.2, 0.25) is 0 Å². The summed E-state index contributed by atoms with van der Waals surface area (Å²) in [6.45, 7) is 0.787. The molecule has 120 valence electrons. The van der Waals surface area contributed by atoms with Gasteiger partial charge in [-0.15, -0.1) is 0 Å². The molecule has 0 unspecified atom stereocenters. The Morgan fingerprint density at radius 3 is 2.36 bits per heavy atom. The van der Waals surface area contributed by atoms with Crippen LogP contribution < -0.4 is 11.1 Å². The van der Waals surface area contributed by atoms with Gasteiger partial charge in [0.1, 0.15) is 5.25 Å². The van der Waals surface area contributed by atoms with Crippen LogP contribution in [0.25, 0.3) is 0 Å². The van der Waals surface area contributed by atoms with Crippen LogP contribution in [0.15, 0.2) is 4.99 Å². The lowest BCUT2D eigenvalue weighted by Crippen LogP contribution is -2.49. The molecule has 4 bridgehead atoms. The molecule has 1 aliphatic heterocycles. The van der Waals surface area contributed by atoms with Crippen molar-refractivity contribution in [2.45, 2.75) is 43.8 Å². The zero-order valence-electron chi connectivity index (χ0n) is 12.7. The Balaban J connectivity index is 1.28. The predicted octanol–water partition coefficient (Wildman–Crippen LogP) is 1.52. The largest absolute Gasteiger partial charge is 0.378 e. The van der Waals surface area contributed by atoms with E-state index >= 15 is 0 Å². The normalized spacial score (nSPS) is 42.5. The second kappa shape index (κ2) is 5.55. The molecule has 0 aromatic heterocycles. The zero-order valence-corrected chi connectivity index (χ0v) is 13.5. The Hall–Kier alpha value is -1.04. The van der Waals surface area contributed by atoms with Gasteiger partial charge in [-0.2, -0.15) is 4.99 Å². The molecule has 4 fully saturated rings. The molecule has 2 amide bonds. The Morgan fingerprint density at radius 1 is 1.18 bits per heavy atom. The van der Waals surface area contributed by atoms with Gasteiger partial charge in [0.05, 0.1) is 0 Å². The molecule has 1 atom stereocenters. The summed E-state index contributed by atoms with van der Waals surface area (Å²) in [6, 6.07) is 0. The highest BCUT2D eigenvalue weighted by molar-refractivity contribution is 8.15. The lowest BCUT2D eigenvalue weighted by Gasteiger charge is -2.54. The van der Waals surface area contributed by atoms with Crippen LogP contribution >= 0.6 is 11.8 Å². The van der Waals surface area contributed by atoms with Crippen LogP contribution in [0.1, 0.15) is 38.5 Å². The van der Waals surface area contributed by atoms with Crippen LogP contribution in [0.3, 0.4) is 0 Å². The van der Waals surface area contributed by atoms with Crippen LogP contribution in [0.4, 0.5) is 0 Å². The van der Waals surface area contributed by atoms with Gasteiger partial charge in [0.25, 0.3) is 5.91 Å². The van der Waals surface area contributed by atoms with Gasteiger partial charge in [0.2, 0.25) is 5.91 Å². The van der Waals surface area contributed by atoms with Crippen molar-refractivity contribution in [2.24, 2.45) is 40.3 Å². The minimum atomic E-state index is -0.418. The highest BCUT2D eigenvalue weighted by atomic mass is 32.2. The van der Waals surface area contributed by atoms with E-state index in [9.17, 15) is 9.59 Å². The first kappa shape index (κ1) is 14.5. The summed E-state index contributed by atoms with van der Waals surface area (Å²) in [4.78, 5) is 27.3. The lowest BCUT2D eigenvalue weighted by molar-refractivity contribution is -0.125. The molecule has 4 aliphatic carbocycles. The van der Waals surface area contributed by atoms with E-state index in [-0.39, 0.29) is 23.4 Å². The molecule has 3 N–H and O–H groups in total. The number of carbonyl (C=O) groups is 2. The number of thioether (sulfide) groups is 1. The summed E-state index contributed by atoms with van der Waals surface area (Å²) in [7, 11) is 0. The SMILES string of the molecule is NC1=NC(=O)[C@H](CC(=O)NCC2C3CC4CC(C3)CC2C4)S1. The number of carbonyl (C=O) groups excluding carboxylic acids is 2. The van der Waals surface area contributed by atoms with E-state index < -0.39 is 5.25 Å². The maximum atomic E-state index is 12.1. The molecule has 0 spiro atoms. The minimum absolute atomic E-state index is 0.0374. The number of hydrogen-bond donors (Lipinski definition) is 2. The maximum absolute atomic E-state index is 12.1. The Kier molecular flexibility index (Phi) is 3.67. The second-order valence-corrected chi connectivity index (χ2v) is 8.72. The van der Waals surface area contributed by atoms with Crippen molar-refractivity contribution in [3.8, 4) is 0 Å². The second-order valence-electron chi connectivity index (χ2n) is 7.50. The zero-order chi connectivity index (χ0) is 15.3. The first-order chi connectivity index (χ1) is 10.6. The van der Waals surface area contributed by atoms with Crippen molar-refractivity contribution in [3.63, 3.8) is 0 Å². The first-order valence-electron chi connectivity index (χ1n) is 8.40. The van der Waals surface area contributed by atoms with E-state index in [0.717, 1.165) is 30.2 Å². The van der Waals surface area contributed by atoms with Crippen molar-refractivity contribution in [1.82, 2.24) is 5.32 Å². The van der Waals surface area contributed by atoms with E-state index in [4.69, 9.17) is 5.73 Å². The van der Waals surface area contributed by atoms with E-state index in [1.54, 1.807) is 0 Å². The third-order valence-electron chi connectivity index (χ3n) is 6.09. The predicted molar refractivity (Wildman–Crippen MR) is 86.2 cm³/mol. The number of hydrogen-bond acceptors (Lipinski definition) is 4. The number of rotatable bonds is 4. The number of aliphatic imine (C=N–C) groups is 1. The van der Waals surface area contributed by atoms with Gasteiger partial charge in [-0.1, -0.05) is 11.8 Å². The van der Waals surface area contributed by atoms with Crippen molar-refractivity contribution in [3.05, 3.63) is 0 Å². The van der Waals surface area contributed by atoms with Crippen LogP contribution in [0, 0.1) is 29.6 Å². The summed E-state index contributed by atoms with van der Waals surface area (Å²) < 4.78 is 0. The average molecular weight is 321 g/mol. The van der Waals surface area contributed by atoms with Gasteiger partial charge >= 0.3 is 0 Å². The Bertz CT molecular complexity index is 505.